The van der Waals surface area contributed by atoms with Crippen LogP contribution in [0.3, 0.4) is 0 Å². The number of halogens is 2. The van der Waals surface area contributed by atoms with Gasteiger partial charge in [-0.2, -0.15) is 0 Å². The number of carbonyl (C=O) groups is 1. The topological polar surface area (TPSA) is 51.0 Å². The molecule has 20 heavy (non-hydrogen) atoms. The molecular weight excluding hydrogens is 299 g/mol. The molecule has 0 unspecified atom stereocenters. The number of rotatable bonds is 3. The molecule has 0 N–H and O–H groups in total. The SMILES string of the molecule is O=C(Cc1ccc(Cl)c(Cl)c1)N1CC(n2ccnn2)C1. The molecule has 1 aromatic carbocycles. The summed E-state index contributed by atoms with van der Waals surface area (Å²) in [6.07, 6.45) is 3.78. The zero-order valence-corrected chi connectivity index (χ0v) is 12.1. The fourth-order valence-corrected chi connectivity index (χ4v) is 2.50. The van der Waals surface area contributed by atoms with Gasteiger partial charge in [0.05, 0.1) is 28.7 Å². The van der Waals surface area contributed by atoms with E-state index in [9.17, 15) is 4.79 Å². The van der Waals surface area contributed by atoms with Crippen molar-refractivity contribution in [1.29, 1.82) is 0 Å². The monoisotopic (exact) mass is 310 g/mol. The molecule has 0 atom stereocenters. The Morgan fingerprint density at radius 2 is 2.10 bits per heavy atom. The lowest BCUT2D eigenvalue weighted by Gasteiger charge is -2.38. The van der Waals surface area contributed by atoms with Crippen LogP contribution >= 0.6 is 23.2 Å². The molecule has 3 rings (SSSR count). The number of hydrogen-bond donors (Lipinski definition) is 0. The van der Waals surface area contributed by atoms with E-state index in [2.05, 4.69) is 10.3 Å². The van der Waals surface area contributed by atoms with Gasteiger partial charge in [-0.15, -0.1) is 5.10 Å². The molecule has 0 bridgehead atoms. The molecule has 0 radical (unpaired) electrons. The molecule has 1 aliphatic heterocycles. The van der Waals surface area contributed by atoms with Crippen molar-refractivity contribution in [3.63, 3.8) is 0 Å². The van der Waals surface area contributed by atoms with Crippen LogP contribution in [0.4, 0.5) is 0 Å². The summed E-state index contributed by atoms with van der Waals surface area (Å²) in [5.74, 6) is 0.0831. The largest absolute Gasteiger partial charge is 0.338 e. The fourth-order valence-electron chi connectivity index (χ4n) is 2.17. The number of nitrogens with zero attached hydrogens (tertiary/aromatic N) is 4. The summed E-state index contributed by atoms with van der Waals surface area (Å²) < 4.78 is 1.78. The number of likely N-dealkylation sites (tertiary alicyclic amines) is 1. The second kappa shape index (κ2) is 5.42. The zero-order chi connectivity index (χ0) is 14.1. The Labute approximate surface area is 126 Å². The molecule has 2 heterocycles. The normalized spacial score (nSPS) is 15.2. The van der Waals surface area contributed by atoms with Crippen molar-refractivity contribution in [2.75, 3.05) is 13.1 Å². The summed E-state index contributed by atoms with van der Waals surface area (Å²) in [6, 6.07) is 5.49. The smallest absolute Gasteiger partial charge is 0.227 e. The third-order valence-corrected chi connectivity index (χ3v) is 4.11. The summed E-state index contributed by atoms with van der Waals surface area (Å²) in [6.45, 7) is 1.34. The lowest BCUT2D eigenvalue weighted by Crippen LogP contribution is -2.51. The van der Waals surface area contributed by atoms with Crippen LogP contribution in [-0.4, -0.2) is 38.9 Å². The minimum absolute atomic E-state index is 0.0831. The Balaban J connectivity index is 1.57. The van der Waals surface area contributed by atoms with Gasteiger partial charge < -0.3 is 4.90 Å². The third-order valence-electron chi connectivity index (χ3n) is 3.37. The first-order valence-corrected chi connectivity index (χ1v) is 6.96. The number of aromatic nitrogens is 3. The van der Waals surface area contributed by atoms with Crippen LogP contribution in [0.1, 0.15) is 11.6 Å². The van der Waals surface area contributed by atoms with Crippen LogP contribution in [0.15, 0.2) is 30.6 Å². The minimum atomic E-state index is 0.0831. The van der Waals surface area contributed by atoms with Crippen molar-refractivity contribution in [3.05, 3.63) is 46.2 Å². The molecule has 0 saturated carbocycles. The molecule has 1 aromatic heterocycles. The van der Waals surface area contributed by atoms with E-state index in [0.717, 1.165) is 5.56 Å². The highest BCUT2D eigenvalue weighted by Crippen LogP contribution is 2.24. The number of benzene rings is 1. The van der Waals surface area contributed by atoms with Crippen LogP contribution in [0.2, 0.25) is 10.0 Å². The van der Waals surface area contributed by atoms with Crippen molar-refractivity contribution < 1.29 is 4.79 Å². The first kappa shape index (κ1) is 13.4. The molecular formula is C13H12Cl2N4O. The van der Waals surface area contributed by atoms with Crippen LogP contribution in [0.25, 0.3) is 0 Å². The number of carbonyl (C=O) groups excluding carboxylic acids is 1. The van der Waals surface area contributed by atoms with Gasteiger partial charge in [0.2, 0.25) is 5.91 Å². The molecule has 1 aliphatic rings. The maximum absolute atomic E-state index is 12.1. The van der Waals surface area contributed by atoms with Gasteiger partial charge in [-0.25, -0.2) is 4.68 Å². The van der Waals surface area contributed by atoms with Gasteiger partial charge >= 0.3 is 0 Å². The van der Waals surface area contributed by atoms with Gasteiger partial charge in [-0.05, 0) is 17.7 Å². The Morgan fingerprint density at radius 1 is 1.30 bits per heavy atom. The minimum Gasteiger partial charge on any atom is -0.338 e. The highest BCUT2D eigenvalue weighted by Gasteiger charge is 2.32. The van der Waals surface area contributed by atoms with E-state index in [-0.39, 0.29) is 11.9 Å². The lowest BCUT2D eigenvalue weighted by molar-refractivity contribution is -0.136. The van der Waals surface area contributed by atoms with Crippen molar-refractivity contribution in [2.24, 2.45) is 0 Å². The quantitative estimate of drug-likeness (QED) is 0.873. The van der Waals surface area contributed by atoms with E-state index < -0.39 is 0 Å². The van der Waals surface area contributed by atoms with Gasteiger partial charge in [0, 0.05) is 19.3 Å². The van der Waals surface area contributed by atoms with E-state index in [1.54, 1.807) is 27.9 Å². The van der Waals surface area contributed by atoms with Crippen molar-refractivity contribution in [1.82, 2.24) is 19.9 Å². The first-order valence-electron chi connectivity index (χ1n) is 6.21. The number of hydrogen-bond acceptors (Lipinski definition) is 3. The predicted molar refractivity (Wildman–Crippen MR) is 75.8 cm³/mol. The maximum atomic E-state index is 12.1. The van der Waals surface area contributed by atoms with Crippen LogP contribution < -0.4 is 0 Å². The summed E-state index contributed by atoms with van der Waals surface area (Å²) in [7, 11) is 0. The molecule has 104 valence electrons. The molecule has 1 amide bonds. The molecule has 7 heteroatoms. The molecule has 2 aromatic rings. The second-order valence-electron chi connectivity index (χ2n) is 4.76. The molecule has 0 spiro atoms. The van der Waals surface area contributed by atoms with E-state index >= 15 is 0 Å². The van der Waals surface area contributed by atoms with E-state index in [0.29, 0.717) is 29.6 Å². The van der Waals surface area contributed by atoms with E-state index in [1.165, 1.54) is 0 Å². The van der Waals surface area contributed by atoms with Gasteiger partial charge in [-0.1, -0.05) is 34.5 Å². The Hall–Kier alpha value is -1.59. The van der Waals surface area contributed by atoms with Crippen molar-refractivity contribution >= 4 is 29.1 Å². The standard InChI is InChI=1S/C13H12Cl2N4O/c14-11-2-1-9(5-12(11)15)6-13(20)18-7-10(8-18)19-4-3-16-17-19/h1-5,10H,6-8H2. The Morgan fingerprint density at radius 3 is 2.75 bits per heavy atom. The lowest BCUT2D eigenvalue weighted by atomic mass is 10.1. The molecule has 5 nitrogen and oxygen atoms in total. The number of amides is 1. The van der Waals surface area contributed by atoms with Crippen LogP contribution in [-0.2, 0) is 11.2 Å². The van der Waals surface area contributed by atoms with Gasteiger partial charge in [0.15, 0.2) is 0 Å². The van der Waals surface area contributed by atoms with E-state index in [4.69, 9.17) is 23.2 Å². The fraction of sp³-hybridized carbons (Fsp3) is 0.308. The highest BCUT2D eigenvalue weighted by molar-refractivity contribution is 6.42. The van der Waals surface area contributed by atoms with Gasteiger partial charge in [0.1, 0.15) is 0 Å². The maximum Gasteiger partial charge on any atom is 0.227 e. The second-order valence-corrected chi connectivity index (χ2v) is 5.58. The average molecular weight is 311 g/mol. The van der Waals surface area contributed by atoms with Crippen LogP contribution in [0, 0.1) is 0 Å². The average Bonchev–Trinajstić information content (AvgIpc) is 2.86. The van der Waals surface area contributed by atoms with Crippen molar-refractivity contribution in [2.45, 2.75) is 12.5 Å². The molecule has 1 saturated heterocycles. The Bertz CT molecular complexity index is 623. The zero-order valence-electron chi connectivity index (χ0n) is 10.5. The first-order chi connectivity index (χ1) is 9.63. The highest BCUT2D eigenvalue weighted by atomic mass is 35.5. The van der Waals surface area contributed by atoms with Gasteiger partial charge in [-0.3, -0.25) is 4.79 Å². The summed E-state index contributed by atoms with van der Waals surface area (Å²) >= 11 is 11.8. The predicted octanol–water partition coefficient (Wildman–Crippen LogP) is 2.21. The van der Waals surface area contributed by atoms with Crippen LogP contribution in [0.5, 0.6) is 0 Å². The third kappa shape index (κ3) is 2.64. The van der Waals surface area contributed by atoms with Gasteiger partial charge in [0.25, 0.3) is 0 Å². The van der Waals surface area contributed by atoms with Crippen molar-refractivity contribution in [3.8, 4) is 0 Å². The van der Waals surface area contributed by atoms with E-state index in [1.807, 2.05) is 12.3 Å². The summed E-state index contributed by atoms with van der Waals surface area (Å²) in [5, 5.41) is 8.67. The Kier molecular flexibility index (Phi) is 3.63. The molecule has 1 fully saturated rings. The summed E-state index contributed by atoms with van der Waals surface area (Å²) in [4.78, 5) is 13.9. The summed E-state index contributed by atoms with van der Waals surface area (Å²) in [5.41, 5.74) is 0.869. The molecule has 0 aliphatic carbocycles.